The van der Waals surface area contributed by atoms with Crippen molar-refractivity contribution in [1.82, 2.24) is 0 Å². The van der Waals surface area contributed by atoms with Crippen LogP contribution < -0.4 is 10.2 Å². The molecule has 0 unspecified atom stereocenters. The largest absolute Gasteiger partial charge is 0.452 e. The zero-order valence-corrected chi connectivity index (χ0v) is 21.1. The number of benzene rings is 3. The van der Waals surface area contributed by atoms with Crippen molar-refractivity contribution in [1.29, 1.82) is 0 Å². The van der Waals surface area contributed by atoms with Gasteiger partial charge in [0, 0.05) is 10.7 Å². The Hall–Kier alpha value is -3.97. The summed E-state index contributed by atoms with van der Waals surface area (Å²) in [6, 6.07) is 23.1. The molecule has 5 atom stereocenters. The Labute approximate surface area is 224 Å². The van der Waals surface area contributed by atoms with Gasteiger partial charge in [-0.1, -0.05) is 54.1 Å². The van der Waals surface area contributed by atoms with Crippen molar-refractivity contribution in [2.75, 3.05) is 16.8 Å². The topological polar surface area (TPSA) is 92.8 Å². The first kappa shape index (κ1) is 24.4. The Morgan fingerprint density at radius 3 is 2.45 bits per heavy atom. The van der Waals surface area contributed by atoms with Gasteiger partial charge in [0.05, 0.1) is 23.1 Å². The van der Waals surface area contributed by atoms with E-state index in [-0.39, 0.29) is 47.0 Å². The van der Waals surface area contributed by atoms with Gasteiger partial charge in [0.25, 0.3) is 5.91 Å². The second-order valence-electron chi connectivity index (χ2n) is 10.2. The van der Waals surface area contributed by atoms with Crippen LogP contribution in [0.25, 0.3) is 0 Å². The molecule has 1 N–H and O–H groups in total. The Kier molecular flexibility index (Phi) is 6.24. The Bertz CT molecular complexity index is 1440. The third kappa shape index (κ3) is 4.27. The number of nitrogens with one attached hydrogen (secondary N) is 1. The van der Waals surface area contributed by atoms with Crippen molar-refractivity contribution in [3.8, 4) is 0 Å². The number of ether oxygens (including phenoxy) is 1. The van der Waals surface area contributed by atoms with Crippen LogP contribution >= 0.6 is 11.6 Å². The second-order valence-corrected chi connectivity index (χ2v) is 10.6. The van der Waals surface area contributed by atoms with Gasteiger partial charge in [0.2, 0.25) is 11.8 Å². The molecule has 3 amide bonds. The van der Waals surface area contributed by atoms with Crippen molar-refractivity contribution in [3.63, 3.8) is 0 Å². The molecule has 192 valence electrons. The lowest BCUT2D eigenvalue weighted by atomic mass is 9.73. The molecule has 3 aromatic carbocycles. The Morgan fingerprint density at radius 2 is 1.66 bits per heavy atom. The van der Waals surface area contributed by atoms with Crippen LogP contribution in [-0.2, 0) is 19.1 Å². The fourth-order valence-corrected chi connectivity index (χ4v) is 6.74. The number of hydrogen-bond acceptors (Lipinski definition) is 5. The summed E-state index contributed by atoms with van der Waals surface area (Å²) in [7, 11) is 0. The van der Waals surface area contributed by atoms with Gasteiger partial charge >= 0.3 is 5.97 Å². The highest BCUT2D eigenvalue weighted by Gasteiger charge is 2.64. The highest BCUT2D eigenvalue weighted by Crippen LogP contribution is 2.61. The third-order valence-corrected chi connectivity index (χ3v) is 8.26. The minimum absolute atomic E-state index is 0.139. The quantitative estimate of drug-likeness (QED) is 0.356. The smallest absolute Gasteiger partial charge is 0.338 e. The molecular formula is C30H25ClN2O5. The van der Waals surface area contributed by atoms with E-state index in [1.165, 1.54) is 22.6 Å². The number of nitrogens with zero attached hydrogens (tertiary/aromatic N) is 1. The molecule has 0 radical (unpaired) electrons. The van der Waals surface area contributed by atoms with Gasteiger partial charge in [-0.05, 0) is 72.6 Å². The number of hydrogen-bond donors (Lipinski definition) is 1. The van der Waals surface area contributed by atoms with Crippen LogP contribution in [-0.4, -0.2) is 30.3 Å². The molecule has 0 spiro atoms. The van der Waals surface area contributed by atoms with Crippen LogP contribution in [0.3, 0.4) is 0 Å². The fourth-order valence-electron chi connectivity index (χ4n) is 6.55. The van der Waals surface area contributed by atoms with E-state index in [1.807, 2.05) is 18.2 Å². The van der Waals surface area contributed by atoms with E-state index in [9.17, 15) is 19.2 Å². The molecule has 1 aliphatic heterocycles. The first-order valence-corrected chi connectivity index (χ1v) is 13.0. The molecule has 8 heteroatoms. The highest BCUT2D eigenvalue weighted by molar-refractivity contribution is 6.30. The number of esters is 1. The molecule has 2 aliphatic carbocycles. The molecule has 3 aliphatic rings. The van der Waals surface area contributed by atoms with Gasteiger partial charge in [-0.2, -0.15) is 0 Å². The lowest BCUT2D eigenvalue weighted by Crippen LogP contribution is -2.33. The molecule has 7 nitrogen and oxygen atoms in total. The highest BCUT2D eigenvalue weighted by atomic mass is 35.5. The summed E-state index contributed by atoms with van der Waals surface area (Å²) in [5, 5.41) is 3.08. The van der Waals surface area contributed by atoms with Gasteiger partial charge in [0.1, 0.15) is 0 Å². The van der Waals surface area contributed by atoms with Gasteiger partial charge in [-0.25, -0.2) is 4.79 Å². The van der Waals surface area contributed by atoms with E-state index in [2.05, 4.69) is 17.4 Å². The second kappa shape index (κ2) is 9.72. The van der Waals surface area contributed by atoms with Gasteiger partial charge in [-0.15, -0.1) is 0 Å². The molecule has 38 heavy (non-hydrogen) atoms. The first-order valence-electron chi connectivity index (χ1n) is 12.7. The van der Waals surface area contributed by atoms with E-state index in [1.54, 1.807) is 36.4 Å². The SMILES string of the molecule is O=C(COC(=O)c1cccc(N2C(=O)[C@@H]3[C@@H]4C[C@@H]([C@H]3C2=O)[C@@H](c2ccccc2)C4)c1)Nc1cccc(Cl)c1. The number of halogens is 1. The maximum atomic E-state index is 13.6. The zero-order valence-electron chi connectivity index (χ0n) is 20.4. The van der Waals surface area contributed by atoms with Crippen molar-refractivity contribution in [2.45, 2.75) is 18.8 Å². The number of anilines is 2. The summed E-state index contributed by atoms with van der Waals surface area (Å²) in [6.45, 7) is -0.495. The lowest BCUT2D eigenvalue weighted by Gasteiger charge is -2.28. The molecule has 3 aromatic rings. The number of fused-ring (bicyclic) bond motifs is 5. The number of carbonyl (C=O) groups is 4. The number of amides is 3. The zero-order chi connectivity index (χ0) is 26.4. The third-order valence-electron chi connectivity index (χ3n) is 8.03. The average Bonchev–Trinajstić information content (AvgIpc) is 3.59. The van der Waals surface area contributed by atoms with E-state index >= 15 is 0 Å². The monoisotopic (exact) mass is 528 g/mol. The molecular weight excluding hydrogens is 504 g/mol. The van der Waals surface area contributed by atoms with Crippen molar-refractivity contribution in [2.24, 2.45) is 23.7 Å². The lowest BCUT2D eigenvalue weighted by molar-refractivity contribution is -0.123. The predicted molar refractivity (Wildman–Crippen MR) is 142 cm³/mol. The standard InChI is InChI=1S/C30H25ClN2O5/c31-20-9-5-10-21(15-20)32-25(34)16-38-30(37)18-8-4-11-22(12-18)33-28(35)26-19-13-23(17-6-2-1-3-7-17)24(14-19)27(26)29(33)36/h1-12,15,19,23-24,26-27H,13-14,16H2,(H,32,34)/t19-,23+,24+,26+,27+/m0/s1. The van der Waals surface area contributed by atoms with E-state index in [0.29, 0.717) is 16.4 Å². The van der Waals surface area contributed by atoms with Crippen LogP contribution in [0.4, 0.5) is 11.4 Å². The summed E-state index contributed by atoms with van der Waals surface area (Å²) >= 11 is 5.92. The maximum Gasteiger partial charge on any atom is 0.338 e. The number of rotatable bonds is 6. The number of carbonyl (C=O) groups excluding carboxylic acids is 4. The normalized spacial score (nSPS) is 25.4. The summed E-state index contributed by atoms with van der Waals surface area (Å²) in [5.74, 6) is -1.67. The van der Waals surface area contributed by atoms with Gasteiger partial charge < -0.3 is 10.1 Å². The van der Waals surface area contributed by atoms with Gasteiger partial charge in [-0.3, -0.25) is 19.3 Å². The minimum atomic E-state index is -0.725. The van der Waals surface area contributed by atoms with Crippen LogP contribution in [0.5, 0.6) is 0 Å². The molecule has 3 fully saturated rings. The Morgan fingerprint density at radius 1 is 0.895 bits per heavy atom. The van der Waals surface area contributed by atoms with Crippen LogP contribution in [0.1, 0.15) is 34.7 Å². The van der Waals surface area contributed by atoms with E-state index in [4.69, 9.17) is 16.3 Å². The van der Waals surface area contributed by atoms with Crippen LogP contribution in [0.15, 0.2) is 78.9 Å². The van der Waals surface area contributed by atoms with Crippen molar-refractivity contribution >= 4 is 46.7 Å². The first-order chi connectivity index (χ1) is 18.4. The molecule has 2 saturated carbocycles. The maximum absolute atomic E-state index is 13.6. The van der Waals surface area contributed by atoms with E-state index < -0.39 is 18.5 Å². The predicted octanol–water partition coefficient (Wildman–Crippen LogP) is 5.06. The van der Waals surface area contributed by atoms with Crippen molar-refractivity contribution < 1.29 is 23.9 Å². The van der Waals surface area contributed by atoms with Crippen LogP contribution in [0, 0.1) is 23.7 Å². The summed E-state index contributed by atoms with van der Waals surface area (Å²) in [6.07, 6.45) is 1.80. The molecule has 1 saturated heterocycles. The summed E-state index contributed by atoms with van der Waals surface area (Å²) < 4.78 is 5.17. The Balaban J connectivity index is 1.14. The molecule has 1 heterocycles. The van der Waals surface area contributed by atoms with Crippen LogP contribution in [0.2, 0.25) is 5.02 Å². The van der Waals surface area contributed by atoms with Crippen molar-refractivity contribution in [3.05, 3.63) is 95.0 Å². The van der Waals surface area contributed by atoms with Gasteiger partial charge in [0.15, 0.2) is 6.61 Å². The number of imide groups is 1. The average molecular weight is 529 g/mol. The summed E-state index contributed by atoms with van der Waals surface area (Å²) in [5.41, 5.74) is 2.21. The minimum Gasteiger partial charge on any atom is -0.452 e. The summed E-state index contributed by atoms with van der Waals surface area (Å²) in [4.78, 5) is 53.2. The molecule has 2 bridgehead atoms. The molecule has 6 rings (SSSR count). The fraction of sp³-hybridized carbons (Fsp3) is 0.267. The van der Waals surface area contributed by atoms with E-state index in [0.717, 1.165) is 12.8 Å². The molecule has 0 aromatic heterocycles.